The summed E-state index contributed by atoms with van der Waals surface area (Å²) in [6, 6.07) is 5.36. The van der Waals surface area contributed by atoms with Gasteiger partial charge in [-0.3, -0.25) is 9.59 Å². The number of hydrogen-bond donors (Lipinski definition) is 10. The molecule has 86 heavy (non-hydrogen) atoms. The summed E-state index contributed by atoms with van der Waals surface area (Å²) in [6.07, 6.45) is 19.1. The van der Waals surface area contributed by atoms with Crippen LogP contribution in [0.4, 0.5) is 5.69 Å². The van der Waals surface area contributed by atoms with E-state index in [-0.39, 0.29) is 92.0 Å². The highest BCUT2D eigenvalue weighted by molar-refractivity contribution is 8.76. The molecule has 15 aliphatic rings. The molecule has 8 bridgehead atoms. The number of carbonyl (C=O) groups is 2. The molecule has 10 N–H and O–H groups in total. The van der Waals surface area contributed by atoms with Gasteiger partial charge < -0.3 is 65.6 Å². The summed E-state index contributed by atoms with van der Waals surface area (Å²) in [6.45, 7) is 7.51. The normalized spacial score (nSPS) is 50.5. The van der Waals surface area contributed by atoms with Gasteiger partial charge in [-0.1, -0.05) is 99.3 Å². The van der Waals surface area contributed by atoms with Gasteiger partial charge in [0.2, 0.25) is 5.91 Å². The first-order chi connectivity index (χ1) is 41.0. The molecule has 24 atom stereocenters. The van der Waals surface area contributed by atoms with Gasteiger partial charge in [-0.2, -0.15) is 0 Å². The lowest BCUT2D eigenvalue weighted by Crippen LogP contribution is -2.72. The van der Waals surface area contributed by atoms with Crippen molar-refractivity contribution in [1.82, 2.24) is 5.32 Å². The second-order valence-electron chi connectivity index (χ2n) is 31.2. The van der Waals surface area contributed by atoms with Gasteiger partial charge in [-0.25, -0.2) is 0 Å². The van der Waals surface area contributed by atoms with Crippen molar-refractivity contribution in [2.75, 3.05) is 37.5 Å². The maximum absolute atomic E-state index is 16.8. The first-order valence-corrected chi connectivity index (χ1v) is 35.8. The molecule has 1 aromatic rings. The summed E-state index contributed by atoms with van der Waals surface area (Å²) in [5.41, 5.74) is -11.4. The number of fused-ring (bicyclic) bond motifs is 3. The average Bonchev–Trinajstić information content (AvgIpc) is 1.03. The quantitative estimate of drug-likeness (QED) is 0.0713. The molecule has 17 heteroatoms. The molecule has 9 fully saturated rings. The number of hydrogen-bond acceptors (Lipinski definition) is 16. The van der Waals surface area contributed by atoms with E-state index >= 15 is 9.59 Å². The number of ketones is 1. The minimum absolute atomic E-state index is 0.0276. The van der Waals surface area contributed by atoms with Crippen molar-refractivity contribution in [1.29, 1.82) is 0 Å². The van der Waals surface area contributed by atoms with Crippen LogP contribution in [-0.4, -0.2) is 155 Å². The van der Waals surface area contributed by atoms with Gasteiger partial charge in [0, 0.05) is 72.0 Å². The van der Waals surface area contributed by atoms with Crippen LogP contribution in [0, 0.1) is 86.3 Å². The van der Waals surface area contributed by atoms with E-state index in [0.29, 0.717) is 80.2 Å². The van der Waals surface area contributed by atoms with Crippen molar-refractivity contribution in [3.05, 3.63) is 59.7 Å². The Bertz CT molecular complexity index is 2940. The number of aromatic hydroxyl groups is 1. The highest BCUT2D eigenvalue weighted by Crippen LogP contribution is 2.77. The Hall–Kier alpha value is -2.36. The number of nitrogens with zero attached hydrogens (tertiary/aromatic N) is 1. The molecule has 1 amide bonds. The number of nitrogens with one attached hydrogen (secondary N) is 1. The largest absolute Gasteiger partial charge is 0.508 e. The lowest BCUT2D eigenvalue weighted by atomic mass is 9.38. The molecule has 6 heterocycles. The second kappa shape index (κ2) is 21.3. The number of anilines is 1. The fraction of sp³-hybridized carbons (Fsp3) is 0.797. The van der Waals surface area contributed by atoms with Crippen LogP contribution >= 0.6 is 21.6 Å². The number of ether oxygens (including phenoxy) is 2. The predicted molar refractivity (Wildman–Crippen MR) is 329 cm³/mol. The standard InChI is InChI=1S/C69H98N2O13S2/c1-38(2)39(3)56-58(84-56)67(81)21-10-13-42-28-50-51-31-54(75)66(32-55(76)64(80,37-73)35-61(50,66)4)60(79)86-85-34-44-12-9-11-43(33-72)69(44)59(78)71(45-25-40(26-46(74)29-45)16-23-65(42)53(67)18-24-68(51,65)82)36-62(69)22-17-48(57(62)77)52-27-41-14-15-47(83-5)30-49(41)63(70-52)19-7-6-8-20-63/h10,13-15,25-26,29,31,38-39,41-44,47-50,52-53,55-58,60,70,72-74,76-77,79-82H,6-9,11-12,16-24,27-28,30,32-37H2,1-5H3/t39-,41+,42+,43+,44-,47-,48+,49-,50+,52-,53+,55-,56+,57+,58-,60+,61-,62-,64-,65-,66+,67-,68-,69+/m1/s1. The third kappa shape index (κ3) is 8.19. The van der Waals surface area contributed by atoms with Gasteiger partial charge in [0.05, 0.1) is 47.5 Å². The molecule has 6 saturated carbocycles. The van der Waals surface area contributed by atoms with Crippen molar-refractivity contribution in [2.24, 2.45) is 86.3 Å². The Balaban J connectivity index is 0.917. The van der Waals surface area contributed by atoms with E-state index in [4.69, 9.17) is 9.47 Å². The minimum atomic E-state index is -2.04. The number of allylic oxidation sites excluding steroid dienone is 3. The topological polar surface area (TPSA) is 253 Å². The first kappa shape index (κ1) is 61.2. The summed E-state index contributed by atoms with van der Waals surface area (Å²) < 4.78 is 12.5. The number of benzene rings is 1. The first-order valence-electron chi connectivity index (χ1n) is 33.4. The molecule has 0 unspecified atom stereocenters. The summed E-state index contributed by atoms with van der Waals surface area (Å²) in [4.78, 5) is 34.6. The summed E-state index contributed by atoms with van der Waals surface area (Å²) >= 11 is 0. The van der Waals surface area contributed by atoms with E-state index < -0.39 is 110 Å². The molecule has 474 valence electrons. The Morgan fingerprint density at radius 1 is 0.895 bits per heavy atom. The SMILES string of the molecule is CO[C@@H]1C=C[C@H]2C[C@H]([C@@H]3CC[C@@]4(CN5C(=O)[C@@]46[C@H](CO)CCC[C@@H]6CSS[C@H](O)[C@@]46C[C@@H](O)[C@](O)(CO)C[C@]4(C)[C@H]4C[C@@H]7C=CC[C@](O)([C@@H]8O[C@H]8[C@H](C)C(C)C)[C@H]8CC[C@@](O)(C4=CC6=O)[C@@]87CCc4cc(O)cc5c4)[C@H]3O)NC3(CCCCC3)[C@@H]2C1. The third-order valence-electron chi connectivity index (χ3n) is 28.0. The van der Waals surface area contributed by atoms with Crippen LogP contribution in [-0.2, 0) is 25.5 Å². The van der Waals surface area contributed by atoms with Crippen LogP contribution in [0.3, 0.4) is 0 Å². The maximum atomic E-state index is 16.8. The highest BCUT2D eigenvalue weighted by Gasteiger charge is 2.80. The predicted octanol–water partition coefficient (Wildman–Crippen LogP) is 7.70. The van der Waals surface area contributed by atoms with Crippen molar-refractivity contribution in [3.63, 3.8) is 0 Å². The van der Waals surface area contributed by atoms with E-state index in [1.165, 1.54) is 17.2 Å². The average molecular weight is 1230 g/mol. The van der Waals surface area contributed by atoms with Crippen molar-refractivity contribution >= 4 is 39.0 Å². The molecular weight excluding hydrogens is 1130 g/mol. The van der Waals surface area contributed by atoms with Gasteiger partial charge >= 0.3 is 0 Å². The van der Waals surface area contributed by atoms with Crippen molar-refractivity contribution in [2.45, 2.75) is 220 Å². The van der Waals surface area contributed by atoms with Crippen LogP contribution in [0.5, 0.6) is 5.75 Å². The molecule has 3 saturated heterocycles. The summed E-state index contributed by atoms with van der Waals surface area (Å²) in [7, 11) is 4.31. The lowest BCUT2D eigenvalue weighted by molar-refractivity contribution is -0.235. The Labute approximate surface area is 516 Å². The molecule has 0 aromatic heterocycles. The maximum Gasteiger partial charge on any atom is 0.234 e. The zero-order valence-corrected chi connectivity index (χ0v) is 53.0. The highest BCUT2D eigenvalue weighted by atomic mass is 33.1. The van der Waals surface area contributed by atoms with Crippen LogP contribution in [0.1, 0.15) is 155 Å². The number of phenols is 1. The van der Waals surface area contributed by atoms with Crippen LogP contribution in [0.25, 0.3) is 0 Å². The number of rotatable bonds is 7. The molecule has 15 nitrogen and oxygen atoms in total. The number of phenolic OH excluding ortho intramolecular Hbond substituents is 1. The number of epoxide rings is 1. The van der Waals surface area contributed by atoms with Crippen molar-refractivity contribution < 1.29 is 65.0 Å². The van der Waals surface area contributed by atoms with E-state index in [0.717, 1.165) is 61.3 Å². The van der Waals surface area contributed by atoms with E-state index in [9.17, 15) is 46.0 Å². The Morgan fingerprint density at radius 2 is 1.69 bits per heavy atom. The molecule has 16 rings (SSSR count). The fourth-order valence-corrected chi connectivity index (χ4v) is 26.6. The van der Waals surface area contributed by atoms with Crippen LogP contribution in [0.15, 0.2) is 54.2 Å². The van der Waals surface area contributed by atoms with E-state index in [1.54, 1.807) is 25.3 Å². The van der Waals surface area contributed by atoms with Gasteiger partial charge in [0.15, 0.2) is 5.78 Å². The van der Waals surface area contributed by atoms with E-state index in [1.807, 2.05) is 24.0 Å². The fourth-order valence-electron chi connectivity index (χ4n) is 23.6. The van der Waals surface area contributed by atoms with Crippen LogP contribution < -0.4 is 10.2 Å². The monoisotopic (exact) mass is 1230 g/mol. The van der Waals surface area contributed by atoms with Gasteiger partial charge in [-0.15, -0.1) is 0 Å². The lowest BCUT2D eigenvalue weighted by Gasteiger charge is -2.68. The minimum Gasteiger partial charge on any atom is -0.508 e. The number of aliphatic hydroxyl groups excluding tert-OH is 5. The third-order valence-corrected chi connectivity index (χ3v) is 30.6. The molecule has 5 spiro atoms. The Morgan fingerprint density at radius 3 is 2.43 bits per heavy atom. The summed E-state index contributed by atoms with van der Waals surface area (Å²) in [5.74, 6) is -1.87. The number of piperidine rings is 1. The van der Waals surface area contributed by atoms with Gasteiger partial charge in [0.25, 0.3) is 0 Å². The Kier molecular flexibility index (Phi) is 15.2. The second-order valence-corrected chi connectivity index (χ2v) is 33.7. The number of amides is 1. The number of aliphatic hydroxyl groups is 8. The van der Waals surface area contributed by atoms with E-state index in [2.05, 4.69) is 44.3 Å². The molecule has 0 radical (unpaired) electrons. The molecule has 1 aromatic carbocycles. The molecule has 6 aliphatic heterocycles. The number of carbonyl (C=O) groups excluding carboxylic acids is 2. The zero-order chi connectivity index (χ0) is 60.5. The smallest absolute Gasteiger partial charge is 0.234 e. The summed E-state index contributed by atoms with van der Waals surface area (Å²) in [5, 5.41) is 119. The number of aryl methyl sites for hydroxylation is 1. The van der Waals surface area contributed by atoms with Crippen LogP contribution in [0.2, 0.25) is 0 Å². The molecular formula is C69H98N2O13S2. The zero-order valence-electron chi connectivity index (χ0n) is 51.3. The van der Waals surface area contributed by atoms with Gasteiger partial charge in [0.1, 0.15) is 28.5 Å². The van der Waals surface area contributed by atoms with Gasteiger partial charge in [-0.05, 0) is 185 Å². The van der Waals surface area contributed by atoms with Crippen molar-refractivity contribution in [3.8, 4) is 5.75 Å². The molecule has 9 aliphatic carbocycles. The number of methoxy groups -OCH3 is 1.